The van der Waals surface area contributed by atoms with Gasteiger partial charge in [-0.25, -0.2) is 13.2 Å². The molecule has 9 heteroatoms. The average Bonchev–Trinajstić information content (AvgIpc) is 2.83. The van der Waals surface area contributed by atoms with E-state index in [0.29, 0.717) is 15.6 Å². The van der Waals surface area contributed by atoms with Crippen molar-refractivity contribution in [2.45, 2.75) is 17.4 Å². The van der Waals surface area contributed by atoms with Crippen LogP contribution in [-0.4, -0.2) is 37.6 Å². The molecule has 2 aromatic rings. The molecule has 0 bridgehead atoms. The molecule has 0 spiro atoms. The van der Waals surface area contributed by atoms with E-state index in [-0.39, 0.29) is 17.2 Å². The van der Waals surface area contributed by atoms with Gasteiger partial charge in [0.1, 0.15) is 5.54 Å². The minimum absolute atomic E-state index is 0.0801. The van der Waals surface area contributed by atoms with Crippen molar-refractivity contribution in [3.63, 3.8) is 0 Å². The topological polar surface area (TPSA) is 83.6 Å². The SMILES string of the molecule is C[C@@]1(c2cccc(Cl)c2)NC(=O)N(CCS(=O)(=O)c2ccc(Cl)cc2)C1=O. The summed E-state index contributed by atoms with van der Waals surface area (Å²) in [7, 11) is -3.67. The third-order valence-corrected chi connectivity index (χ3v) is 6.63. The molecule has 2 aromatic carbocycles. The van der Waals surface area contributed by atoms with Crippen LogP contribution in [0.2, 0.25) is 10.0 Å². The van der Waals surface area contributed by atoms with E-state index in [4.69, 9.17) is 23.2 Å². The first kappa shape index (κ1) is 19.7. The Morgan fingerprint density at radius 1 is 1.04 bits per heavy atom. The number of nitrogens with one attached hydrogen (secondary N) is 1. The molecule has 1 atom stereocenters. The Morgan fingerprint density at radius 2 is 1.70 bits per heavy atom. The Kier molecular flexibility index (Phi) is 5.20. The molecule has 3 rings (SSSR count). The molecule has 0 aliphatic carbocycles. The molecule has 1 aliphatic rings. The minimum Gasteiger partial charge on any atom is -0.319 e. The van der Waals surface area contributed by atoms with Crippen LogP contribution in [0.5, 0.6) is 0 Å². The number of hydrogen-bond donors (Lipinski definition) is 1. The maximum atomic E-state index is 12.8. The van der Waals surface area contributed by atoms with Gasteiger partial charge >= 0.3 is 6.03 Å². The number of benzene rings is 2. The summed E-state index contributed by atoms with van der Waals surface area (Å²) >= 11 is 11.8. The average molecular weight is 427 g/mol. The second-order valence-corrected chi connectivity index (χ2v) is 9.28. The molecule has 0 unspecified atom stereocenters. The zero-order valence-electron chi connectivity index (χ0n) is 14.3. The van der Waals surface area contributed by atoms with Gasteiger partial charge in [0, 0.05) is 16.6 Å². The molecule has 142 valence electrons. The highest BCUT2D eigenvalue weighted by Gasteiger charge is 2.49. The number of halogens is 2. The first-order valence-electron chi connectivity index (χ1n) is 8.02. The lowest BCUT2D eigenvalue weighted by Gasteiger charge is -2.22. The third kappa shape index (κ3) is 3.81. The number of carbonyl (C=O) groups excluding carboxylic acids is 2. The molecule has 6 nitrogen and oxygen atoms in total. The van der Waals surface area contributed by atoms with E-state index < -0.39 is 27.3 Å². The summed E-state index contributed by atoms with van der Waals surface area (Å²) in [4.78, 5) is 26.1. The van der Waals surface area contributed by atoms with Gasteiger partial charge in [0.25, 0.3) is 5.91 Å². The Hall–Kier alpha value is -2.09. The summed E-state index contributed by atoms with van der Waals surface area (Å²) in [6, 6.07) is 11.7. The molecule has 3 amide bonds. The van der Waals surface area contributed by atoms with E-state index in [1.807, 2.05) is 0 Å². The summed E-state index contributed by atoms with van der Waals surface area (Å²) < 4.78 is 24.9. The number of carbonyl (C=O) groups is 2. The van der Waals surface area contributed by atoms with Crippen LogP contribution in [0.25, 0.3) is 0 Å². The van der Waals surface area contributed by atoms with Gasteiger partial charge in [-0.2, -0.15) is 0 Å². The maximum absolute atomic E-state index is 12.8. The van der Waals surface area contributed by atoms with Crippen LogP contribution in [0.1, 0.15) is 12.5 Å². The van der Waals surface area contributed by atoms with Crippen LogP contribution in [0.3, 0.4) is 0 Å². The van der Waals surface area contributed by atoms with Gasteiger partial charge in [0.05, 0.1) is 10.6 Å². The van der Waals surface area contributed by atoms with Gasteiger partial charge in [-0.1, -0.05) is 35.3 Å². The molecule has 1 saturated heterocycles. The Morgan fingerprint density at radius 3 is 2.33 bits per heavy atom. The van der Waals surface area contributed by atoms with Crippen LogP contribution in [0, 0.1) is 0 Å². The fraction of sp³-hybridized carbons (Fsp3) is 0.222. The van der Waals surface area contributed by atoms with E-state index >= 15 is 0 Å². The van der Waals surface area contributed by atoms with Crippen molar-refractivity contribution in [1.29, 1.82) is 0 Å². The molecule has 27 heavy (non-hydrogen) atoms. The highest BCUT2D eigenvalue weighted by Crippen LogP contribution is 2.30. The summed E-state index contributed by atoms with van der Waals surface area (Å²) in [5.41, 5.74) is -0.775. The lowest BCUT2D eigenvalue weighted by atomic mass is 9.92. The predicted molar refractivity (Wildman–Crippen MR) is 103 cm³/mol. The van der Waals surface area contributed by atoms with E-state index in [1.54, 1.807) is 31.2 Å². The van der Waals surface area contributed by atoms with Crippen molar-refractivity contribution in [2.24, 2.45) is 0 Å². The van der Waals surface area contributed by atoms with E-state index in [2.05, 4.69) is 5.32 Å². The van der Waals surface area contributed by atoms with Crippen LogP contribution in [0.4, 0.5) is 4.79 Å². The number of nitrogens with zero attached hydrogens (tertiary/aromatic N) is 1. The molecular weight excluding hydrogens is 411 g/mol. The van der Waals surface area contributed by atoms with Crippen LogP contribution >= 0.6 is 23.2 Å². The number of sulfone groups is 1. The highest BCUT2D eigenvalue weighted by molar-refractivity contribution is 7.91. The third-order valence-electron chi connectivity index (χ3n) is 4.43. The number of rotatable bonds is 5. The Bertz CT molecular complexity index is 1010. The number of hydrogen-bond acceptors (Lipinski definition) is 4. The van der Waals surface area contributed by atoms with E-state index in [0.717, 1.165) is 4.90 Å². The predicted octanol–water partition coefficient (Wildman–Crippen LogP) is 3.23. The fourth-order valence-electron chi connectivity index (χ4n) is 2.87. The largest absolute Gasteiger partial charge is 0.325 e. The monoisotopic (exact) mass is 426 g/mol. The van der Waals surface area contributed by atoms with Crippen LogP contribution in [0.15, 0.2) is 53.4 Å². The quantitative estimate of drug-likeness (QED) is 0.743. The number of imide groups is 1. The van der Waals surface area contributed by atoms with Crippen LogP contribution in [-0.2, 0) is 20.2 Å². The number of urea groups is 1. The van der Waals surface area contributed by atoms with Gasteiger partial charge in [-0.3, -0.25) is 9.69 Å². The number of amides is 3. The first-order chi connectivity index (χ1) is 12.6. The summed E-state index contributed by atoms with van der Waals surface area (Å²) in [5.74, 6) is -0.916. The van der Waals surface area contributed by atoms with Gasteiger partial charge in [-0.15, -0.1) is 0 Å². The van der Waals surface area contributed by atoms with Crippen molar-refractivity contribution in [2.75, 3.05) is 12.3 Å². The van der Waals surface area contributed by atoms with E-state index in [9.17, 15) is 18.0 Å². The molecule has 1 heterocycles. The van der Waals surface area contributed by atoms with Crippen molar-refractivity contribution < 1.29 is 18.0 Å². The standard InChI is InChI=1S/C18H16Cl2N2O4S/c1-18(12-3-2-4-14(20)11-12)16(23)22(17(24)21-18)9-10-27(25,26)15-7-5-13(19)6-8-15/h2-8,11H,9-10H2,1H3,(H,21,24)/t18-/m0/s1. The molecular formula is C18H16Cl2N2O4S. The van der Waals surface area contributed by atoms with E-state index in [1.165, 1.54) is 24.3 Å². The van der Waals surface area contributed by atoms with Crippen molar-refractivity contribution in [1.82, 2.24) is 10.2 Å². The zero-order valence-corrected chi connectivity index (χ0v) is 16.6. The molecule has 1 N–H and O–H groups in total. The molecule has 1 aliphatic heterocycles. The second kappa shape index (κ2) is 7.14. The second-order valence-electron chi connectivity index (χ2n) is 6.30. The normalized spacial score (nSPS) is 20.0. The van der Waals surface area contributed by atoms with Gasteiger partial charge in [0.15, 0.2) is 9.84 Å². The first-order valence-corrected chi connectivity index (χ1v) is 10.4. The Balaban J connectivity index is 1.79. The molecule has 1 fully saturated rings. The minimum atomic E-state index is -3.67. The van der Waals surface area contributed by atoms with Gasteiger partial charge in [0.2, 0.25) is 0 Å². The molecule has 0 aromatic heterocycles. The van der Waals surface area contributed by atoms with Gasteiger partial charge in [-0.05, 0) is 48.9 Å². The summed E-state index contributed by atoms with van der Waals surface area (Å²) in [6.45, 7) is 1.30. The Labute approximate surface area is 167 Å². The zero-order chi connectivity index (χ0) is 19.8. The summed E-state index contributed by atoms with van der Waals surface area (Å²) in [6.07, 6.45) is 0. The lowest BCUT2D eigenvalue weighted by molar-refractivity contribution is -0.130. The fourth-order valence-corrected chi connectivity index (χ4v) is 4.39. The van der Waals surface area contributed by atoms with Crippen molar-refractivity contribution >= 4 is 45.0 Å². The molecule has 0 saturated carbocycles. The smallest absolute Gasteiger partial charge is 0.319 e. The van der Waals surface area contributed by atoms with Crippen LogP contribution < -0.4 is 5.32 Å². The lowest BCUT2D eigenvalue weighted by Crippen LogP contribution is -2.41. The molecule has 0 radical (unpaired) electrons. The highest BCUT2D eigenvalue weighted by atomic mass is 35.5. The van der Waals surface area contributed by atoms with Gasteiger partial charge < -0.3 is 5.32 Å². The summed E-state index contributed by atoms with van der Waals surface area (Å²) in [5, 5.41) is 3.47. The maximum Gasteiger partial charge on any atom is 0.325 e. The van der Waals surface area contributed by atoms with Crippen molar-refractivity contribution in [3.8, 4) is 0 Å². The van der Waals surface area contributed by atoms with Crippen molar-refractivity contribution in [3.05, 3.63) is 64.1 Å².